The van der Waals surface area contributed by atoms with Gasteiger partial charge in [-0.3, -0.25) is 0 Å². The number of aliphatic imine (C=N–C) groups is 1. The minimum atomic E-state index is 0.762. The van der Waals surface area contributed by atoms with Crippen molar-refractivity contribution in [1.82, 2.24) is 4.90 Å². The molecular formula is C14H17N3OS. The Balaban J connectivity index is 1.82. The molecule has 2 heterocycles. The zero-order valence-electron chi connectivity index (χ0n) is 10.9. The Hall–Kier alpha value is -1.38. The Bertz CT molecular complexity index is 524. The molecular weight excluding hydrogens is 258 g/mol. The number of aryl methyl sites for hydroxylation is 1. The van der Waals surface area contributed by atoms with Crippen LogP contribution in [0.2, 0.25) is 0 Å². The summed E-state index contributed by atoms with van der Waals surface area (Å²) in [6.45, 7) is 3.29. The Morgan fingerprint density at radius 2 is 2.05 bits per heavy atom. The smallest absolute Gasteiger partial charge is 0.136 e. The molecule has 1 aliphatic carbocycles. The summed E-state index contributed by atoms with van der Waals surface area (Å²) in [5.41, 5.74) is 2.07. The first-order valence-electron chi connectivity index (χ1n) is 6.79. The second-order valence-electron chi connectivity index (χ2n) is 4.90. The van der Waals surface area contributed by atoms with Gasteiger partial charge in [0.1, 0.15) is 11.1 Å². The Labute approximate surface area is 117 Å². The number of rotatable bonds is 2. The van der Waals surface area contributed by atoms with Crippen LogP contribution in [0.1, 0.15) is 28.8 Å². The minimum absolute atomic E-state index is 0.762. The normalized spacial score (nSPS) is 19.4. The Kier molecular flexibility index (Phi) is 3.81. The molecule has 0 spiro atoms. The van der Waals surface area contributed by atoms with Crippen molar-refractivity contribution < 1.29 is 4.74 Å². The highest BCUT2D eigenvalue weighted by Gasteiger charge is 2.20. The van der Waals surface area contributed by atoms with E-state index in [1.165, 1.54) is 23.3 Å². The molecule has 1 aromatic rings. The lowest BCUT2D eigenvalue weighted by Crippen LogP contribution is -2.34. The molecule has 4 nitrogen and oxygen atoms in total. The second kappa shape index (κ2) is 5.72. The van der Waals surface area contributed by atoms with E-state index < -0.39 is 0 Å². The van der Waals surface area contributed by atoms with Gasteiger partial charge in [0, 0.05) is 18.0 Å². The lowest BCUT2D eigenvalue weighted by atomic mass is 9.96. The van der Waals surface area contributed by atoms with Crippen molar-refractivity contribution in [2.24, 2.45) is 4.99 Å². The Morgan fingerprint density at radius 1 is 1.26 bits per heavy atom. The van der Waals surface area contributed by atoms with Crippen LogP contribution in [0.25, 0.3) is 0 Å². The molecule has 0 radical (unpaired) electrons. The monoisotopic (exact) mass is 275 g/mol. The van der Waals surface area contributed by atoms with Crippen LogP contribution in [0.4, 0.5) is 5.00 Å². The first kappa shape index (κ1) is 12.6. The first-order chi connectivity index (χ1) is 9.38. The van der Waals surface area contributed by atoms with E-state index in [1.54, 1.807) is 11.3 Å². The van der Waals surface area contributed by atoms with Gasteiger partial charge in [-0.1, -0.05) is 0 Å². The quantitative estimate of drug-likeness (QED) is 0.615. The van der Waals surface area contributed by atoms with E-state index in [0.29, 0.717) is 0 Å². The summed E-state index contributed by atoms with van der Waals surface area (Å²) in [7, 11) is 0. The van der Waals surface area contributed by atoms with Gasteiger partial charge in [-0.2, -0.15) is 5.26 Å². The number of thiophene rings is 1. The van der Waals surface area contributed by atoms with E-state index in [4.69, 9.17) is 4.74 Å². The molecule has 0 atom stereocenters. The molecule has 0 N–H and O–H groups in total. The summed E-state index contributed by atoms with van der Waals surface area (Å²) in [4.78, 5) is 8.08. The molecule has 0 aromatic carbocycles. The van der Waals surface area contributed by atoms with E-state index in [9.17, 15) is 5.26 Å². The largest absolute Gasteiger partial charge is 0.378 e. The number of ether oxygens (including phenoxy) is 1. The molecule has 1 aromatic heterocycles. The van der Waals surface area contributed by atoms with Crippen LogP contribution in [0.3, 0.4) is 0 Å². The SMILES string of the molecule is N#Cc1c(/N=C/N2CCOCC2)sc2c1CCCC2. The van der Waals surface area contributed by atoms with Gasteiger partial charge in [-0.25, -0.2) is 4.99 Å². The van der Waals surface area contributed by atoms with Crippen molar-refractivity contribution in [2.75, 3.05) is 26.3 Å². The van der Waals surface area contributed by atoms with E-state index in [1.807, 2.05) is 6.34 Å². The summed E-state index contributed by atoms with van der Waals surface area (Å²) in [6.07, 6.45) is 6.47. The second-order valence-corrected chi connectivity index (χ2v) is 5.98. The molecule has 1 aliphatic heterocycles. The summed E-state index contributed by atoms with van der Waals surface area (Å²) in [5.74, 6) is 0. The van der Waals surface area contributed by atoms with Crippen molar-refractivity contribution >= 4 is 22.7 Å². The first-order valence-corrected chi connectivity index (χ1v) is 7.61. The predicted molar refractivity (Wildman–Crippen MR) is 76.2 cm³/mol. The van der Waals surface area contributed by atoms with Crippen LogP contribution in [0, 0.1) is 11.3 Å². The van der Waals surface area contributed by atoms with Crippen molar-refractivity contribution in [3.8, 4) is 6.07 Å². The van der Waals surface area contributed by atoms with Crippen LogP contribution < -0.4 is 0 Å². The topological polar surface area (TPSA) is 48.6 Å². The summed E-state index contributed by atoms with van der Waals surface area (Å²) < 4.78 is 5.31. The molecule has 3 rings (SSSR count). The summed E-state index contributed by atoms with van der Waals surface area (Å²) in [5, 5.41) is 10.2. The fraction of sp³-hybridized carbons (Fsp3) is 0.571. The van der Waals surface area contributed by atoms with Gasteiger partial charge in [0.25, 0.3) is 0 Å². The molecule has 0 amide bonds. The molecule has 5 heteroatoms. The number of fused-ring (bicyclic) bond motifs is 1. The maximum absolute atomic E-state index is 9.35. The fourth-order valence-electron chi connectivity index (χ4n) is 2.58. The lowest BCUT2D eigenvalue weighted by molar-refractivity contribution is 0.0701. The number of hydrogen-bond donors (Lipinski definition) is 0. The highest BCUT2D eigenvalue weighted by atomic mass is 32.1. The zero-order chi connectivity index (χ0) is 13.1. The highest BCUT2D eigenvalue weighted by Crippen LogP contribution is 2.39. The molecule has 2 aliphatic rings. The highest BCUT2D eigenvalue weighted by molar-refractivity contribution is 7.16. The van der Waals surface area contributed by atoms with Gasteiger partial charge in [-0.05, 0) is 31.2 Å². The molecule has 1 fully saturated rings. The summed E-state index contributed by atoms with van der Waals surface area (Å²) in [6, 6.07) is 2.34. The number of morpholine rings is 1. The van der Waals surface area contributed by atoms with Crippen molar-refractivity contribution in [1.29, 1.82) is 5.26 Å². The van der Waals surface area contributed by atoms with Gasteiger partial charge in [0.05, 0.1) is 25.1 Å². The van der Waals surface area contributed by atoms with Crippen molar-refractivity contribution in [2.45, 2.75) is 25.7 Å². The number of nitriles is 1. The molecule has 0 unspecified atom stereocenters. The molecule has 0 bridgehead atoms. The van der Waals surface area contributed by atoms with Crippen LogP contribution in [-0.4, -0.2) is 37.5 Å². The predicted octanol–water partition coefficient (Wildman–Crippen LogP) is 2.49. The third-order valence-electron chi connectivity index (χ3n) is 3.65. The fourth-order valence-corrected chi connectivity index (χ4v) is 3.76. The molecule has 1 saturated heterocycles. The average molecular weight is 275 g/mol. The summed E-state index contributed by atoms with van der Waals surface area (Å²) >= 11 is 1.70. The maximum atomic E-state index is 9.35. The van der Waals surface area contributed by atoms with E-state index >= 15 is 0 Å². The zero-order valence-corrected chi connectivity index (χ0v) is 11.7. The maximum Gasteiger partial charge on any atom is 0.136 e. The van der Waals surface area contributed by atoms with Crippen LogP contribution in [-0.2, 0) is 17.6 Å². The van der Waals surface area contributed by atoms with Gasteiger partial charge in [-0.15, -0.1) is 11.3 Å². The molecule has 19 heavy (non-hydrogen) atoms. The van der Waals surface area contributed by atoms with Crippen LogP contribution in [0.5, 0.6) is 0 Å². The molecule has 0 saturated carbocycles. The number of hydrogen-bond acceptors (Lipinski definition) is 4. The third-order valence-corrected chi connectivity index (χ3v) is 4.85. The van der Waals surface area contributed by atoms with Crippen molar-refractivity contribution in [3.63, 3.8) is 0 Å². The number of nitrogens with zero attached hydrogens (tertiary/aromatic N) is 3. The van der Waals surface area contributed by atoms with E-state index in [0.717, 1.165) is 49.7 Å². The van der Waals surface area contributed by atoms with E-state index in [2.05, 4.69) is 16.0 Å². The van der Waals surface area contributed by atoms with Crippen LogP contribution >= 0.6 is 11.3 Å². The lowest BCUT2D eigenvalue weighted by Gasteiger charge is -2.23. The van der Waals surface area contributed by atoms with Gasteiger partial charge >= 0.3 is 0 Å². The minimum Gasteiger partial charge on any atom is -0.378 e. The average Bonchev–Trinajstić information content (AvgIpc) is 2.83. The van der Waals surface area contributed by atoms with Crippen molar-refractivity contribution in [3.05, 3.63) is 16.0 Å². The standard InChI is InChI=1S/C14H17N3OS/c15-9-12-11-3-1-2-4-13(11)19-14(12)16-10-17-5-7-18-8-6-17/h10H,1-8H2/b16-10+. The molecule has 100 valence electrons. The Morgan fingerprint density at radius 3 is 2.84 bits per heavy atom. The van der Waals surface area contributed by atoms with Gasteiger partial charge in [0.15, 0.2) is 0 Å². The van der Waals surface area contributed by atoms with Gasteiger partial charge in [0.2, 0.25) is 0 Å². The van der Waals surface area contributed by atoms with Gasteiger partial charge < -0.3 is 9.64 Å². The van der Waals surface area contributed by atoms with Crippen LogP contribution in [0.15, 0.2) is 4.99 Å². The van der Waals surface area contributed by atoms with E-state index in [-0.39, 0.29) is 0 Å². The third kappa shape index (κ3) is 2.65.